The van der Waals surface area contributed by atoms with Crippen LogP contribution in [0.2, 0.25) is 0 Å². The first kappa shape index (κ1) is 14.0. The first-order chi connectivity index (χ1) is 9.06. The summed E-state index contributed by atoms with van der Waals surface area (Å²) in [5.74, 6) is -1.44. The molecule has 1 N–H and O–H groups in total. The molecule has 1 aromatic rings. The molecule has 19 heavy (non-hydrogen) atoms. The van der Waals surface area contributed by atoms with Gasteiger partial charge in [-0.2, -0.15) is 0 Å². The van der Waals surface area contributed by atoms with E-state index in [0.717, 1.165) is 26.0 Å². The molecule has 0 amide bonds. The fourth-order valence-corrected chi connectivity index (χ4v) is 2.39. The fraction of sp³-hybridized carbons (Fsp3) is 0.500. The van der Waals surface area contributed by atoms with Crippen LogP contribution in [-0.4, -0.2) is 42.3 Å². The van der Waals surface area contributed by atoms with Crippen molar-refractivity contribution in [1.82, 2.24) is 4.90 Å². The molecule has 1 saturated heterocycles. The number of nitrogens with zero attached hydrogens (tertiary/aromatic N) is 1. The molecule has 0 aliphatic carbocycles. The fourth-order valence-electron chi connectivity index (χ4n) is 2.39. The predicted octanol–water partition coefficient (Wildman–Crippen LogP) is 2.13. The third-order valence-corrected chi connectivity index (χ3v) is 3.28. The zero-order valence-electron chi connectivity index (χ0n) is 10.9. The summed E-state index contributed by atoms with van der Waals surface area (Å²) in [4.78, 5) is 13.1. The highest BCUT2D eigenvalue weighted by Gasteiger charge is 2.19. The van der Waals surface area contributed by atoms with Crippen molar-refractivity contribution in [3.8, 4) is 0 Å². The van der Waals surface area contributed by atoms with E-state index in [1.165, 1.54) is 18.2 Å². The maximum atomic E-state index is 13.2. The lowest BCUT2D eigenvalue weighted by Crippen LogP contribution is -2.29. The first-order valence-corrected chi connectivity index (χ1v) is 6.38. The molecule has 1 heterocycles. The average Bonchev–Trinajstić information content (AvgIpc) is 2.81. The minimum Gasteiger partial charge on any atom is -0.478 e. The van der Waals surface area contributed by atoms with E-state index in [-0.39, 0.29) is 11.7 Å². The Kier molecular flexibility index (Phi) is 4.50. The molecule has 1 aliphatic rings. The number of ether oxygens (including phenoxy) is 1. The zero-order valence-corrected chi connectivity index (χ0v) is 10.9. The lowest BCUT2D eigenvalue weighted by Gasteiger charge is -2.21. The van der Waals surface area contributed by atoms with E-state index in [9.17, 15) is 9.18 Å². The number of rotatable bonds is 5. The quantitative estimate of drug-likeness (QED) is 0.888. The van der Waals surface area contributed by atoms with Crippen LogP contribution in [0.15, 0.2) is 18.2 Å². The van der Waals surface area contributed by atoms with Gasteiger partial charge in [-0.1, -0.05) is 0 Å². The smallest absolute Gasteiger partial charge is 0.336 e. The van der Waals surface area contributed by atoms with E-state index < -0.39 is 11.8 Å². The van der Waals surface area contributed by atoms with Crippen molar-refractivity contribution in [2.45, 2.75) is 25.5 Å². The standard InChI is InChI=1S/C14H18FNO3/c1-16(9-12-3-2-6-19-12)8-10-7-11(15)4-5-13(10)14(17)18/h4-5,7,12H,2-3,6,8-9H2,1H3,(H,17,18). The topological polar surface area (TPSA) is 49.8 Å². The summed E-state index contributed by atoms with van der Waals surface area (Å²) in [6, 6.07) is 3.77. The second kappa shape index (κ2) is 6.12. The second-order valence-electron chi connectivity index (χ2n) is 4.94. The molecule has 1 atom stereocenters. The maximum Gasteiger partial charge on any atom is 0.336 e. The Morgan fingerprint density at radius 2 is 2.37 bits per heavy atom. The van der Waals surface area contributed by atoms with Gasteiger partial charge in [-0.3, -0.25) is 4.90 Å². The van der Waals surface area contributed by atoms with Crippen molar-refractivity contribution in [1.29, 1.82) is 0 Å². The molecule has 0 radical (unpaired) electrons. The average molecular weight is 267 g/mol. The van der Waals surface area contributed by atoms with Crippen molar-refractivity contribution in [2.24, 2.45) is 0 Å². The van der Waals surface area contributed by atoms with Crippen LogP contribution in [0, 0.1) is 5.82 Å². The molecule has 5 heteroatoms. The Morgan fingerprint density at radius 1 is 1.58 bits per heavy atom. The minimum atomic E-state index is -1.03. The number of carboxylic acid groups (broad SMARTS) is 1. The number of halogens is 1. The van der Waals surface area contributed by atoms with E-state index in [0.29, 0.717) is 12.1 Å². The van der Waals surface area contributed by atoms with Gasteiger partial charge in [0.05, 0.1) is 11.7 Å². The largest absolute Gasteiger partial charge is 0.478 e. The predicted molar refractivity (Wildman–Crippen MR) is 68.7 cm³/mol. The maximum absolute atomic E-state index is 13.2. The van der Waals surface area contributed by atoms with Crippen molar-refractivity contribution in [3.05, 3.63) is 35.1 Å². The van der Waals surface area contributed by atoms with Crippen LogP contribution in [0.4, 0.5) is 4.39 Å². The van der Waals surface area contributed by atoms with Crippen molar-refractivity contribution in [2.75, 3.05) is 20.2 Å². The summed E-state index contributed by atoms with van der Waals surface area (Å²) < 4.78 is 18.8. The third-order valence-electron chi connectivity index (χ3n) is 3.28. The molecule has 4 nitrogen and oxygen atoms in total. The first-order valence-electron chi connectivity index (χ1n) is 6.38. The van der Waals surface area contributed by atoms with Gasteiger partial charge in [0.2, 0.25) is 0 Å². The molecule has 1 aliphatic heterocycles. The van der Waals surface area contributed by atoms with Crippen LogP contribution >= 0.6 is 0 Å². The lowest BCUT2D eigenvalue weighted by atomic mass is 10.1. The van der Waals surface area contributed by atoms with E-state index in [1.807, 2.05) is 11.9 Å². The Balaban J connectivity index is 2.04. The second-order valence-corrected chi connectivity index (χ2v) is 4.94. The monoisotopic (exact) mass is 267 g/mol. The molecule has 1 aromatic carbocycles. The molecule has 1 fully saturated rings. The number of hydrogen-bond donors (Lipinski definition) is 1. The third kappa shape index (κ3) is 3.75. The Labute approximate surface area is 111 Å². The van der Waals surface area contributed by atoms with Gasteiger partial charge in [0, 0.05) is 19.7 Å². The van der Waals surface area contributed by atoms with Gasteiger partial charge in [-0.25, -0.2) is 9.18 Å². The van der Waals surface area contributed by atoms with Crippen LogP contribution < -0.4 is 0 Å². The van der Waals surface area contributed by atoms with Crippen LogP contribution in [0.1, 0.15) is 28.8 Å². The molecule has 0 bridgehead atoms. The van der Waals surface area contributed by atoms with Gasteiger partial charge >= 0.3 is 5.97 Å². The molecular formula is C14H18FNO3. The molecule has 2 rings (SSSR count). The van der Waals surface area contributed by atoms with Crippen molar-refractivity contribution in [3.63, 3.8) is 0 Å². The van der Waals surface area contributed by atoms with Gasteiger partial charge in [-0.05, 0) is 43.7 Å². The summed E-state index contributed by atoms with van der Waals surface area (Å²) in [5.41, 5.74) is 0.647. The van der Waals surface area contributed by atoms with E-state index in [1.54, 1.807) is 0 Å². The summed E-state index contributed by atoms with van der Waals surface area (Å²) in [6.07, 6.45) is 2.30. The van der Waals surface area contributed by atoms with Crippen molar-refractivity contribution < 1.29 is 19.0 Å². The van der Waals surface area contributed by atoms with Gasteiger partial charge < -0.3 is 9.84 Å². The minimum absolute atomic E-state index is 0.153. The molecule has 0 saturated carbocycles. The highest BCUT2D eigenvalue weighted by molar-refractivity contribution is 5.89. The number of carboxylic acids is 1. The highest BCUT2D eigenvalue weighted by atomic mass is 19.1. The summed E-state index contributed by atoms with van der Waals surface area (Å²) >= 11 is 0. The molecule has 0 aromatic heterocycles. The highest BCUT2D eigenvalue weighted by Crippen LogP contribution is 2.17. The van der Waals surface area contributed by atoms with E-state index in [4.69, 9.17) is 9.84 Å². The molecule has 0 spiro atoms. The van der Waals surface area contributed by atoms with Gasteiger partial charge in [0.15, 0.2) is 0 Å². The van der Waals surface area contributed by atoms with Crippen LogP contribution in [-0.2, 0) is 11.3 Å². The SMILES string of the molecule is CN(Cc1cc(F)ccc1C(=O)O)CC1CCCO1. The number of hydrogen-bond acceptors (Lipinski definition) is 3. The van der Waals surface area contributed by atoms with Gasteiger partial charge in [-0.15, -0.1) is 0 Å². The van der Waals surface area contributed by atoms with E-state index >= 15 is 0 Å². The number of aromatic carboxylic acids is 1. The molecule has 104 valence electrons. The number of carbonyl (C=O) groups is 1. The zero-order chi connectivity index (χ0) is 13.8. The normalized spacial score (nSPS) is 19.0. The summed E-state index contributed by atoms with van der Waals surface area (Å²) in [7, 11) is 1.89. The molecular weight excluding hydrogens is 249 g/mol. The van der Waals surface area contributed by atoms with Crippen LogP contribution in [0.25, 0.3) is 0 Å². The molecule has 1 unspecified atom stereocenters. The summed E-state index contributed by atoms with van der Waals surface area (Å²) in [5, 5.41) is 9.09. The number of likely N-dealkylation sites (N-methyl/N-ethyl adjacent to an activating group) is 1. The van der Waals surface area contributed by atoms with E-state index in [2.05, 4.69) is 0 Å². The van der Waals surface area contributed by atoms with Gasteiger partial charge in [0.1, 0.15) is 5.82 Å². The van der Waals surface area contributed by atoms with Gasteiger partial charge in [0.25, 0.3) is 0 Å². The van der Waals surface area contributed by atoms with Crippen LogP contribution in [0.3, 0.4) is 0 Å². The Morgan fingerprint density at radius 3 is 3.00 bits per heavy atom. The Hall–Kier alpha value is -1.46. The van der Waals surface area contributed by atoms with Crippen LogP contribution in [0.5, 0.6) is 0 Å². The lowest BCUT2D eigenvalue weighted by molar-refractivity contribution is 0.0691. The Bertz CT molecular complexity index is 458. The number of benzene rings is 1. The van der Waals surface area contributed by atoms with Crippen molar-refractivity contribution >= 4 is 5.97 Å². The summed E-state index contributed by atoms with van der Waals surface area (Å²) in [6.45, 7) is 1.92.